The van der Waals surface area contributed by atoms with Gasteiger partial charge < -0.3 is 10.1 Å². The number of ether oxygens (including phenoxy) is 1. The number of urea groups is 1. The van der Waals surface area contributed by atoms with Crippen LogP contribution in [0, 0.1) is 6.92 Å². The van der Waals surface area contributed by atoms with Gasteiger partial charge in [0.1, 0.15) is 10.4 Å². The summed E-state index contributed by atoms with van der Waals surface area (Å²) in [6, 6.07) is 1.05. The van der Waals surface area contributed by atoms with E-state index in [-0.39, 0.29) is 0 Å². The van der Waals surface area contributed by atoms with Crippen molar-refractivity contribution in [3.05, 3.63) is 21.9 Å². The highest BCUT2D eigenvalue weighted by Crippen LogP contribution is 2.19. The zero-order valence-electron chi connectivity index (χ0n) is 13.0. The van der Waals surface area contributed by atoms with E-state index in [4.69, 9.17) is 4.74 Å². The molecule has 23 heavy (non-hydrogen) atoms. The second-order valence-electron chi connectivity index (χ2n) is 5.30. The summed E-state index contributed by atoms with van der Waals surface area (Å²) in [6.45, 7) is 4.48. The Morgan fingerprint density at radius 3 is 2.65 bits per heavy atom. The van der Waals surface area contributed by atoms with E-state index in [9.17, 15) is 19.2 Å². The second-order valence-corrected chi connectivity index (χ2v) is 6.22. The Morgan fingerprint density at radius 1 is 1.43 bits per heavy atom. The van der Waals surface area contributed by atoms with Crippen molar-refractivity contribution in [3.63, 3.8) is 0 Å². The zero-order valence-corrected chi connectivity index (χ0v) is 13.8. The van der Waals surface area contributed by atoms with Crippen LogP contribution in [0.1, 0.15) is 35.5 Å². The van der Waals surface area contributed by atoms with Crippen LogP contribution in [0.4, 0.5) is 4.79 Å². The number of rotatable bonds is 5. The molecule has 1 aromatic heterocycles. The molecule has 9 heteroatoms. The van der Waals surface area contributed by atoms with Crippen LogP contribution in [0.3, 0.4) is 0 Å². The summed E-state index contributed by atoms with van der Waals surface area (Å²) < 4.78 is 4.88. The number of carbonyl (C=O) groups excluding carboxylic acids is 4. The molecule has 0 aliphatic carbocycles. The van der Waals surface area contributed by atoms with Gasteiger partial charge in [-0.2, -0.15) is 5.01 Å². The van der Waals surface area contributed by atoms with Crippen LogP contribution in [0.5, 0.6) is 0 Å². The number of nitrogens with one attached hydrogen (secondary N) is 2. The maximum Gasteiger partial charge on any atom is 0.349 e. The molecule has 1 aliphatic rings. The van der Waals surface area contributed by atoms with Gasteiger partial charge in [-0.05, 0) is 37.3 Å². The van der Waals surface area contributed by atoms with E-state index in [2.05, 4.69) is 10.7 Å². The number of imide groups is 1. The highest BCUT2D eigenvalue weighted by Gasteiger charge is 2.47. The minimum Gasteiger partial charge on any atom is -0.451 e. The number of hydrazine groups is 1. The predicted molar refractivity (Wildman–Crippen MR) is 81.6 cm³/mol. The Bertz CT molecular complexity index is 671. The van der Waals surface area contributed by atoms with Gasteiger partial charge in [-0.15, -0.1) is 11.3 Å². The standard InChI is InChI=1S/C14H17N3O5S/c1-4-14(3)12(20)17(13(21)15-14)16-9(18)7-22-11(19)10-8(2)5-6-23-10/h5-6H,4,7H2,1-3H3,(H,15,21)(H,16,18). The van der Waals surface area contributed by atoms with Gasteiger partial charge in [-0.25, -0.2) is 9.59 Å². The molecule has 1 saturated heterocycles. The summed E-state index contributed by atoms with van der Waals surface area (Å²) in [7, 11) is 0. The van der Waals surface area contributed by atoms with Gasteiger partial charge in [0.25, 0.3) is 11.8 Å². The third-order valence-electron chi connectivity index (χ3n) is 3.59. The molecule has 124 valence electrons. The number of amides is 4. The molecule has 1 aliphatic heterocycles. The lowest BCUT2D eigenvalue weighted by Crippen LogP contribution is -2.49. The molecule has 0 saturated carbocycles. The van der Waals surface area contributed by atoms with Crippen molar-refractivity contribution in [2.24, 2.45) is 0 Å². The average Bonchev–Trinajstić information content (AvgIpc) is 3.02. The molecular formula is C14H17N3O5S. The second kappa shape index (κ2) is 6.37. The highest BCUT2D eigenvalue weighted by molar-refractivity contribution is 7.12. The van der Waals surface area contributed by atoms with Gasteiger partial charge in [0, 0.05) is 0 Å². The van der Waals surface area contributed by atoms with Crippen LogP contribution >= 0.6 is 11.3 Å². The fourth-order valence-electron chi connectivity index (χ4n) is 1.96. The maximum atomic E-state index is 12.1. The third kappa shape index (κ3) is 3.34. The van der Waals surface area contributed by atoms with Crippen LogP contribution in [-0.2, 0) is 14.3 Å². The van der Waals surface area contributed by atoms with Crippen molar-refractivity contribution in [1.29, 1.82) is 0 Å². The van der Waals surface area contributed by atoms with Gasteiger partial charge >= 0.3 is 12.0 Å². The van der Waals surface area contributed by atoms with Gasteiger partial charge in [0.2, 0.25) is 0 Å². The van der Waals surface area contributed by atoms with E-state index in [1.54, 1.807) is 32.2 Å². The molecule has 0 radical (unpaired) electrons. The number of aryl methyl sites for hydroxylation is 1. The Kier molecular flexibility index (Phi) is 4.69. The first kappa shape index (κ1) is 16.9. The number of hydrogen-bond acceptors (Lipinski definition) is 6. The molecule has 4 amide bonds. The van der Waals surface area contributed by atoms with Crippen molar-refractivity contribution < 1.29 is 23.9 Å². The van der Waals surface area contributed by atoms with E-state index in [0.29, 0.717) is 16.3 Å². The summed E-state index contributed by atoms with van der Waals surface area (Å²) in [5.74, 6) is -1.95. The molecule has 1 fully saturated rings. The number of carbonyl (C=O) groups is 4. The molecule has 2 heterocycles. The monoisotopic (exact) mass is 339 g/mol. The van der Waals surface area contributed by atoms with E-state index < -0.39 is 36.0 Å². The molecule has 1 aromatic rings. The van der Waals surface area contributed by atoms with E-state index in [0.717, 1.165) is 5.56 Å². The molecule has 0 aromatic carbocycles. The zero-order chi connectivity index (χ0) is 17.2. The average molecular weight is 339 g/mol. The molecule has 8 nitrogen and oxygen atoms in total. The first-order valence-corrected chi connectivity index (χ1v) is 7.84. The summed E-state index contributed by atoms with van der Waals surface area (Å²) in [5, 5.41) is 4.84. The molecular weight excluding hydrogens is 322 g/mol. The van der Waals surface area contributed by atoms with Crippen molar-refractivity contribution >= 4 is 35.2 Å². The first-order valence-electron chi connectivity index (χ1n) is 6.96. The summed E-state index contributed by atoms with van der Waals surface area (Å²) in [6.07, 6.45) is 0.386. The van der Waals surface area contributed by atoms with Crippen LogP contribution in [0.15, 0.2) is 11.4 Å². The lowest BCUT2D eigenvalue weighted by Gasteiger charge is -2.19. The van der Waals surface area contributed by atoms with Crippen molar-refractivity contribution in [1.82, 2.24) is 15.8 Å². The van der Waals surface area contributed by atoms with Crippen LogP contribution < -0.4 is 10.7 Å². The summed E-state index contributed by atoms with van der Waals surface area (Å²) >= 11 is 1.21. The van der Waals surface area contributed by atoms with Crippen LogP contribution in [0.25, 0.3) is 0 Å². The number of hydrogen-bond donors (Lipinski definition) is 2. The predicted octanol–water partition coefficient (Wildman–Crippen LogP) is 0.965. The molecule has 2 rings (SSSR count). The minimum absolute atomic E-state index is 0.386. The van der Waals surface area contributed by atoms with Gasteiger partial charge in [0.15, 0.2) is 6.61 Å². The molecule has 1 atom stereocenters. The van der Waals surface area contributed by atoms with Crippen molar-refractivity contribution in [2.45, 2.75) is 32.7 Å². The van der Waals surface area contributed by atoms with Crippen LogP contribution in [0.2, 0.25) is 0 Å². The smallest absolute Gasteiger partial charge is 0.349 e. The normalized spacial score (nSPS) is 20.4. The van der Waals surface area contributed by atoms with Gasteiger partial charge in [-0.3, -0.25) is 15.0 Å². The molecule has 0 bridgehead atoms. The topological polar surface area (TPSA) is 105 Å². The quantitative estimate of drug-likeness (QED) is 0.614. The molecule has 1 unspecified atom stereocenters. The molecule has 2 N–H and O–H groups in total. The summed E-state index contributed by atoms with van der Waals surface area (Å²) in [4.78, 5) is 47.8. The number of thiophene rings is 1. The van der Waals surface area contributed by atoms with Crippen molar-refractivity contribution in [3.8, 4) is 0 Å². The highest BCUT2D eigenvalue weighted by atomic mass is 32.1. The lowest BCUT2D eigenvalue weighted by molar-refractivity contribution is -0.139. The molecule has 0 spiro atoms. The maximum absolute atomic E-state index is 12.1. The number of esters is 1. The van der Waals surface area contributed by atoms with E-state index >= 15 is 0 Å². The minimum atomic E-state index is -1.05. The third-order valence-corrected chi connectivity index (χ3v) is 4.58. The summed E-state index contributed by atoms with van der Waals surface area (Å²) in [5.41, 5.74) is 1.85. The van der Waals surface area contributed by atoms with Crippen molar-refractivity contribution in [2.75, 3.05) is 6.61 Å². The van der Waals surface area contributed by atoms with Crippen LogP contribution in [-0.4, -0.2) is 41.0 Å². The van der Waals surface area contributed by atoms with E-state index in [1.165, 1.54) is 11.3 Å². The lowest BCUT2D eigenvalue weighted by atomic mass is 10.00. The largest absolute Gasteiger partial charge is 0.451 e. The fraction of sp³-hybridized carbons (Fsp3) is 0.429. The Morgan fingerprint density at radius 2 is 2.13 bits per heavy atom. The first-order chi connectivity index (χ1) is 10.8. The Hall–Kier alpha value is -2.42. The Balaban J connectivity index is 1.91. The SMILES string of the molecule is CCC1(C)NC(=O)N(NC(=O)COC(=O)c2sccc2C)C1=O. The van der Waals surface area contributed by atoms with Gasteiger partial charge in [-0.1, -0.05) is 6.92 Å². The van der Waals surface area contributed by atoms with Gasteiger partial charge in [0.05, 0.1) is 0 Å². The number of nitrogens with zero attached hydrogens (tertiary/aromatic N) is 1. The Labute approximate surface area is 136 Å². The van der Waals surface area contributed by atoms with E-state index in [1.807, 2.05) is 0 Å². The fourth-order valence-corrected chi connectivity index (χ4v) is 2.78.